The van der Waals surface area contributed by atoms with E-state index in [-0.39, 0.29) is 12.5 Å². The van der Waals surface area contributed by atoms with Crippen LogP contribution in [0, 0.1) is 0 Å². The fraction of sp³-hybridized carbons (Fsp3) is 0.176. The Hall–Kier alpha value is -3.02. The van der Waals surface area contributed by atoms with Gasteiger partial charge in [-0.3, -0.25) is 4.79 Å². The van der Waals surface area contributed by atoms with Crippen LogP contribution in [0.5, 0.6) is 17.2 Å². The predicted molar refractivity (Wildman–Crippen MR) is 87.2 cm³/mol. The van der Waals surface area contributed by atoms with E-state index < -0.39 is 0 Å². The van der Waals surface area contributed by atoms with Gasteiger partial charge >= 0.3 is 0 Å². The van der Waals surface area contributed by atoms with E-state index in [1.54, 1.807) is 24.4 Å². The first-order chi connectivity index (χ1) is 11.2. The predicted octanol–water partition coefficient (Wildman–Crippen LogP) is 2.23. The van der Waals surface area contributed by atoms with Crippen molar-refractivity contribution in [1.82, 2.24) is 5.43 Å². The molecule has 1 N–H and O–H groups in total. The van der Waals surface area contributed by atoms with Crippen molar-refractivity contribution in [3.8, 4) is 17.2 Å². The summed E-state index contributed by atoms with van der Waals surface area (Å²) in [5.41, 5.74) is 3.29. The lowest BCUT2D eigenvalue weighted by atomic mass is 10.2. The average molecular weight is 314 g/mol. The van der Waals surface area contributed by atoms with E-state index in [4.69, 9.17) is 14.2 Å². The highest BCUT2D eigenvalue weighted by Crippen LogP contribution is 2.36. The van der Waals surface area contributed by atoms with E-state index in [1.165, 1.54) is 14.2 Å². The van der Waals surface area contributed by atoms with Crippen LogP contribution in [-0.4, -0.2) is 32.9 Å². The monoisotopic (exact) mass is 314 g/mol. The molecule has 0 aliphatic carbocycles. The summed E-state index contributed by atoms with van der Waals surface area (Å²) < 4.78 is 15.9. The molecule has 120 valence electrons. The van der Waals surface area contributed by atoms with Gasteiger partial charge in [0.2, 0.25) is 5.75 Å². The van der Waals surface area contributed by atoms with Crippen molar-refractivity contribution in [2.75, 3.05) is 20.8 Å². The lowest BCUT2D eigenvalue weighted by Crippen LogP contribution is -2.24. The molecule has 0 saturated heterocycles. The first kappa shape index (κ1) is 16.4. The third kappa shape index (κ3) is 4.74. The number of rotatable bonds is 7. The number of hydrogen-bond donors (Lipinski definition) is 1. The van der Waals surface area contributed by atoms with Crippen molar-refractivity contribution < 1.29 is 19.0 Å². The standard InChI is InChI=1S/C17H18N2O4/c1-21-14-9-6-10-15(22-2)17(14)23-12-16(20)19-18-11-13-7-4-3-5-8-13/h3-11H,12H2,1-2H3,(H,19,20). The molecule has 2 aromatic carbocycles. The minimum atomic E-state index is -0.384. The number of methoxy groups -OCH3 is 2. The van der Waals surface area contributed by atoms with Gasteiger partial charge in [0.1, 0.15) is 0 Å². The first-order valence-electron chi connectivity index (χ1n) is 6.95. The maximum absolute atomic E-state index is 11.8. The van der Waals surface area contributed by atoms with Crippen LogP contribution in [0.15, 0.2) is 53.6 Å². The summed E-state index contributed by atoms with van der Waals surface area (Å²) in [4.78, 5) is 11.8. The average Bonchev–Trinajstić information content (AvgIpc) is 2.60. The van der Waals surface area contributed by atoms with Crippen LogP contribution in [0.3, 0.4) is 0 Å². The van der Waals surface area contributed by atoms with Gasteiger partial charge < -0.3 is 14.2 Å². The van der Waals surface area contributed by atoms with E-state index in [9.17, 15) is 4.79 Å². The Morgan fingerprint density at radius 1 is 1.04 bits per heavy atom. The zero-order chi connectivity index (χ0) is 16.5. The molecule has 0 aliphatic heterocycles. The van der Waals surface area contributed by atoms with Crippen molar-refractivity contribution in [2.24, 2.45) is 5.10 Å². The summed E-state index contributed by atoms with van der Waals surface area (Å²) in [6.45, 7) is -0.205. The maximum Gasteiger partial charge on any atom is 0.277 e. The lowest BCUT2D eigenvalue weighted by Gasteiger charge is -2.13. The second-order valence-electron chi connectivity index (χ2n) is 4.48. The Labute approximate surface area is 134 Å². The Kier molecular flexibility index (Phi) is 5.99. The van der Waals surface area contributed by atoms with E-state index in [2.05, 4.69) is 10.5 Å². The van der Waals surface area contributed by atoms with E-state index in [0.717, 1.165) is 5.56 Å². The molecule has 0 aliphatic rings. The zero-order valence-electron chi connectivity index (χ0n) is 13.0. The van der Waals surface area contributed by atoms with Gasteiger partial charge in [0.05, 0.1) is 20.4 Å². The van der Waals surface area contributed by atoms with Gasteiger partial charge in [-0.2, -0.15) is 5.10 Å². The summed E-state index contributed by atoms with van der Waals surface area (Å²) in [6.07, 6.45) is 1.56. The molecule has 0 unspecified atom stereocenters. The second-order valence-corrected chi connectivity index (χ2v) is 4.48. The van der Waals surface area contributed by atoms with Crippen molar-refractivity contribution in [3.63, 3.8) is 0 Å². The maximum atomic E-state index is 11.8. The third-order valence-corrected chi connectivity index (χ3v) is 2.93. The fourth-order valence-corrected chi connectivity index (χ4v) is 1.85. The largest absolute Gasteiger partial charge is 0.493 e. The minimum Gasteiger partial charge on any atom is -0.493 e. The normalized spacial score (nSPS) is 10.3. The summed E-state index contributed by atoms with van der Waals surface area (Å²) in [6, 6.07) is 14.7. The number of nitrogens with zero attached hydrogens (tertiary/aromatic N) is 1. The smallest absolute Gasteiger partial charge is 0.277 e. The Bertz CT molecular complexity index is 649. The summed E-state index contributed by atoms with van der Waals surface area (Å²) in [5, 5.41) is 3.87. The van der Waals surface area contributed by atoms with Gasteiger partial charge in [-0.15, -0.1) is 0 Å². The molecule has 0 heterocycles. The Morgan fingerprint density at radius 3 is 2.30 bits per heavy atom. The van der Waals surface area contributed by atoms with Crippen LogP contribution in [0.4, 0.5) is 0 Å². The van der Waals surface area contributed by atoms with Crippen LogP contribution in [0.25, 0.3) is 0 Å². The fourth-order valence-electron chi connectivity index (χ4n) is 1.85. The van der Waals surface area contributed by atoms with E-state index in [0.29, 0.717) is 17.2 Å². The van der Waals surface area contributed by atoms with Crippen LogP contribution in [0.1, 0.15) is 5.56 Å². The van der Waals surface area contributed by atoms with E-state index in [1.807, 2.05) is 30.3 Å². The number of hydrazone groups is 1. The van der Waals surface area contributed by atoms with Crippen molar-refractivity contribution in [2.45, 2.75) is 0 Å². The van der Waals surface area contributed by atoms with Gasteiger partial charge in [0.15, 0.2) is 18.1 Å². The SMILES string of the molecule is COc1cccc(OC)c1OCC(=O)NN=Cc1ccccc1. The number of carbonyl (C=O) groups is 1. The van der Waals surface area contributed by atoms with Gasteiger partial charge in [-0.25, -0.2) is 5.43 Å². The third-order valence-electron chi connectivity index (χ3n) is 2.93. The van der Waals surface area contributed by atoms with Crippen molar-refractivity contribution in [3.05, 3.63) is 54.1 Å². The molecule has 1 amide bonds. The van der Waals surface area contributed by atoms with Crippen molar-refractivity contribution in [1.29, 1.82) is 0 Å². The van der Waals surface area contributed by atoms with Crippen LogP contribution < -0.4 is 19.6 Å². The molecular formula is C17H18N2O4. The summed E-state index contributed by atoms with van der Waals surface area (Å²) in [7, 11) is 3.04. The lowest BCUT2D eigenvalue weighted by molar-refractivity contribution is -0.123. The number of para-hydroxylation sites is 1. The van der Waals surface area contributed by atoms with E-state index >= 15 is 0 Å². The van der Waals surface area contributed by atoms with Crippen LogP contribution in [-0.2, 0) is 4.79 Å². The molecular weight excluding hydrogens is 296 g/mol. The molecule has 2 rings (SSSR count). The molecule has 6 nitrogen and oxygen atoms in total. The Morgan fingerprint density at radius 2 is 1.70 bits per heavy atom. The molecule has 0 atom stereocenters. The molecule has 0 spiro atoms. The van der Waals surface area contributed by atoms with Gasteiger partial charge in [0.25, 0.3) is 5.91 Å². The van der Waals surface area contributed by atoms with Crippen LogP contribution in [0.2, 0.25) is 0 Å². The minimum absolute atomic E-state index is 0.205. The first-order valence-corrected chi connectivity index (χ1v) is 6.95. The van der Waals surface area contributed by atoms with Gasteiger partial charge in [-0.05, 0) is 17.7 Å². The number of ether oxygens (including phenoxy) is 3. The zero-order valence-corrected chi connectivity index (χ0v) is 13.0. The summed E-state index contributed by atoms with van der Waals surface area (Å²) in [5.74, 6) is 0.972. The molecule has 6 heteroatoms. The van der Waals surface area contributed by atoms with Gasteiger partial charge in [0, 0.05) is 0 Å². The molecule has 0 bridgehead atoms. The number of amides is 1. The molecule has 2 aromatic rings. The molecule has 0 radical (unpaired) electrons. The Balaban J connectivity index is 1.91. The topological polar surface area (TPSA) is 69.2 Å². The molecule has 0 fully saturated rings. The highest BCUT2D eigenvalue weighted by atomic mass is 16.5. The number of nitrogens with one attached hydrogen (secondary N) is 1. The molecule has 0 saturated carbocycles. The van der Waals surface area contributed by atoms with Crippen molar-refractivity contribution >= 4 is 12.1 Å². The molecule has 23 heavy (non-hydrogen) atoms. The highest BCUT2D eigenvalue weighted by molar-refractivity contribution is 5.82. The number of hydrogen-bond acceptors (Lipinski definition) is 5. The second kappa shape index (κ2) is 8.43. The quantitative estimate of drug-likeness (QED) is 0.628. The summed E-state index contributed by atoms with van der Waals surface area (Å²) >= 11 is 0. The van der Waals surface area contributed by atoms with Gasteiger partial charge in [-0.1, -0.05) is 36.4 Å². The molecule has 0 aromatic heterocycles. The van der Waals surface area contributed by atoms with Crippen LogP contribution >= 0.6 is 0 Å². The highest BCUT2D eigenvalue weighted by Gasteiger charge is 2.12. The number of carbonyl (C=O) groups excluding carboxylic acids is 1. The number of benzene rings is 2.